The summed E-state index contributed by atoms with van der Waals surface area (Å²) in [4.78, 5) is 15.5. The highest BCUT2D eigenvalue weighted by molar-refractivity contribution is 6.00. The van der Waals surface area contributed by atoms with Gasteiger partial charge in [0.25, 0.3) is 5.91 Å². The zero-order valence-corrected chi connectivity index (χ0v) is 21.1. The van der Waals surface area contributed by atoms with Crippen LogP contribution in [0.25, 0.3) is 11.3 Å². The zero-order chi connectivity index (χ0) is 25.4. The number of ether oxygens (including phenoxy) is 1. The number of amides is 1. The number of phenolic OH excluding ortho intramolecular Hbond substituents is 1. The van der Waals surface area contributed by atoms with Gasteiger partial charge in [-0.25, -0.2) is 0 Å². The van der Waals surface area contributed by atoms with Crippen molar-refractivity contribution in [3.63, 3.8) is 0 Å². The lowest BCUT2D eigenvalue weighted by Gasteiger charge is -2.27. The number of benzene rings is 3. The molecule has 0 spiro atoms. The molecule has 1 amide bonds. The second-order valence-electron chi connectivity index (χ2n) is 10.2. The minimum atomic E-state index is -0.312. The number of phenols is 1. The van der Waals surface area contributed by atoms with Gasteiger partial charge in [-0.2, -0.15) is 5.10 Å². The Labute approximate surface area is 211 Å². The predicted octanol–water partition coefficient (Wildman–Crippen LogP) is 5.88. The van der Waals surface area contributed by atoms with Gasteiger partial charge in [0.05, 0.1) is 13.2 Å². The number of aromatic amines is 1. The summed E-state index contributed by atoms with van der Waals surface area (Å²) in [5, 5.41) is 18.0. The molecule has 5 rings (SSSR count). The van der Waals surface area contributed by atoms with Crippen LogP contribution in [0.4, 0.5) is 0 Å². The molecule has 6 nitrogen and oxygen atoms in total. The summed E-state index contributed by atoms with van der Waals surface area (Å²) in [5.74, 6) is 0.858. The van der Waals surface area contributed by atoms with Crippen molar-refractivity contribution in [1.82, 2.24) is 15.1 Å². The maximum atomic E-state index is 13.6. The van der Waals surface area contributed by atoms with Crippen LogP contribution in [0.5, 0.6) is 11.5 Å². The Balaban J connectivity index is 1.55. The van der Waals surface area contributed by atoms with E-state index >= 15 is 0 Å². The number of carbonyl (C=O) groups excluding carboxylic acids is 1. The molecular weight excluding hydrogens is 450 g/mol. The molecule has 2 N–H and O–H groups in total. The smallest absolute Gasteiger partial charge is 0.273 e. The second kappa shape index (κ2) is 9.19. The SMILES string of the molecule is COc1ccc(CCN2C(=O)c3[nH]nc(-c4ccccc4O)c3C2c2ccc(C(C)(C)C)cc2)cc1. The number of hydrogen-bond donors (Lipinski definition) is 2. The summed E-state index contributed by atoms with van der Waals surface area (Å²) >= 11 is 0. The van der Waals surface area contributed by atoms with Crippen LogP contribution < -0.4 is 4.74 Å². The minimum Gasteiger partial charge on any atom is -0.507 e. The second-order valence-corrected chi connectivity index (χ2v) is 10.2. The van der Waals surface area contributed by atoms with Crippen molar-refractivity contribution in [2.45, 2.75) is 38.6 Å². The van der Waals surface area contributed by atoms with E-state index in [2.05, 4.69) is 55.2 Å². The van der Waals surface area contributed by atoms with Crippen LogP contribution in [0.15, 0.2) is 72.8 Å². The number of carbonyl (C=O) groups is 1. The molecule has 184 valence electrons. The Morgan fingerprint density at radius 3 is 2.33 bits per heavy atom. The fourth-order valence-corrected chi connectivity index (χ4v) is 4.86. The van der Waals surface area contributed by atoms with E-state index in [1.165, 1.54) is 5.56 Å². The quantitative estimate of drug-likeness (QED) is 0.361. The molecule has 36 heavy (non-hydrogen) atoms. The summed E-state index contributed by atoms with van der Waals surface area (Å²) in [6.45, 7) is 7.10. The Morgan fingerprint density at radius 1 is 1.00 bits per heavy atom. The number of aromatic hydroxyl groups is 1. The first-order chi connectivity index (χ1) is 17.3. The molecule has 4 aromatic rings. The van der Waals surface area contributed by atoms with Crippen LogP contribution in [0.3, 0.4) is 0 Å². The number of methoxy groups -OCH3 is 1. The van der Waals surface area contributed by atoms with Gasteiger partial charge in [-0.3, -0.25) is 9.89 Å². The van der Waals surface area contributed by atoms with Crippen molar-refractivity contribution in [3.8, 4) is 22.8 Å². The Hall–Kier alpha value is -4.06. The number of hydrogen-bond acceptors (Lipinski definition) is 4. The standard InChI is InChI=1S/C30H31N3O3/c1-30(2,3)21-13-11-20(12-14-21)28-25-26(23-7-5-6-8-24(23)34)31-32-27(25)29(35)33(28)18-17-19-9-15-22(36-4)16-10-19/h5-16,28,34H,17-18H2,1-4H3,(H,31,32). The third-order valence-corrected chi connectivity index (χ3v) is 6.92. The number of para-hydroxylation sites is 1. The van der Waals surface area contributed by atoms with Gasteiger partial charge in [-0.15, -0.1) is 0 Å². The van der Waals surface area contributed by atoms with Gasteiger partial charge in [0.1, 0.15) is 22.9 Å². The topological polar surface area (TPSA) is 78.5 Å². The average Bonchev–Trinajstić information content (AvgIpc) is 3.41. The number of nitrogens with zero attached hydrogens (tertiary/aromatic N) is 2. The lowest BCUT2D eigenvalue weighted by molar-refractivity contribution is 0.0746. The van der Waals surface area contributed by atoms with E-state index in [0.29, 0.717) is 29.9 Å². The van der Waals surface area contributed by atoms with E-state index < -0.39 is 0 Å². The third-order valence-electron chi connectivity index (χ3n) is 6.92. The Kier molecular flexibility index (Phi) is 6.04. The molecular formula is C30H31N3O3. The fraction of sp³-hybridized carbons (Fsp3) is 0.267. The molecule has 3 aromatic carbocycles. The van der Waals surface area contributed by atoms with E-state index in [0.717, 1.165) is 22.4 Å². The van der Waals surface area contributed by atoms with E-state index in [4.69, 9.17) is 4.74 Å². The normalized spacial score (nSPS) is 15.3. The number of rotatable bonds is 6. The van der Waals surface area contributed by atoms with Crippen molar-refractivity contribution >= 4 is 5.91 Å². The number of fused-ring (bicyclic) bond motifs is 1. The van der Waals surface area contributed by atoms with Crippen LogP contribution >= 0.6 is 0 Å². The molecule has 0 saturated heterocycles. The van der Waals surface area contributed by atoms with Crippen LogP contribution in [0.1, 0.15) is 59.6 Å². The summed E-state index contributed by atoms with van der Waals surface area (Å²) < 4.78 is 5.27. The summed E-state index contributed by atoms with van der Waals surface area (Å²) in [6, 6.07) is 23.2. The van der Waals surface area contributed by atoms with Crippen LogP contribution in [-0.2, 0) is 11.8 Å². The van der Waals surface area contributed by atoms with Crippen LogP contribution in [-0.4, -0.2) is 39.8 Å². The molecule has 1 aromatic heterocycles. The lowest BCUT2D eigenvalue weighted by Crippen LogP contribution is -2.31. The highest BCUT2D eigenvalue weighted by Crippen LogP contribution is 2.44. The van der Waals surface area contributed by atoms with E-state index in [9.17, 15) is 9.90 Å². The van der Waals surface area contributed by atoms with Crippen molar-refractivity contribution in [2.24, 2.45) is 0 Å². The van der Waals surface area contributed by atoms with Crippen molar-refractivity contribution in [2.75, 3.05) is 13.7 Å². The van der Waals surface area contributed by atoms with E-state index in [-0.39, 0.29) is 23.1 Å². The number of H-pyrrole nitrogens is 1. The average molecular weight is 482 g/mol. The van der Waals surface area contributed by atoms with Crippen molar-refractivity contribution < 1.29 is 14.6 Å². The fourth-order valence-electron chi connectivity index (χ4n) is 4.86. The maximum absolute atomic E-state index is 13.6. The van der Waals surface area contributed by atoms with Crippen LogP contribution in [0.2, 0.25) is 0 Å². The molecule has 0 aliphatic carbocycles. The molecule has 0 radical (unpaired) electrons. The minimum absolute atomic E-state index is 0.0276. The summed E-state index contributed by atoms with van der Waals surface area (Å²) in [5.41, 5.74) is 5.90. The molecule has 1 atom stereocenters. The van der Waals surface area contributed by atoms with Gasteiger partial charge in [-0.05, 0) is 52.8 Å². The first kappa shape index (κ1) is 23.7. The highest BCUT2D eigenvalue weighted by atomic mass is 16.5. The highest BCUT2D eigenvalue weighted by Gasteiger charge is 2.42. The maximum Gasteiger partial charge on any atom is 0.273 e. The van der Waals surface area contributed by atoms with Crippen molar-refractivity contribution in [1.29, 1.82) is 0 Å². The van der Waals surface area contributed by atoms with Gasteiger partial charge in [0, 0.05) is 17.7 Å². The molecule has 0 fully saturated rings. The van der Waals surface area contributed by atoms with E-state index in [1.807, 2.05) is 41.3 Å². The number of nitrogens with one attached hydrogen (secondary N) is 1. The first-order valence-corrected chi connectivity index (χ1v) is 12.2. The summed E-state index contributed by atoms with van der Waals surface area (Å²) in [7, 11) is 1.65. The monoisotopic (exact) mass is 481 g/mol. The van der Waals surface area contributed by atoms with Gasteiger partial charge >= 0.3 is 0 Å². The third kappa shape index (κ3) is 4.24. The molecule has 1 unspecified atom stereocenters. The molecule has 0 bridgehead atoms. The molecule has 1 aliphatic rings. The lowest BCUT2D eigenvalue weighted by atomic mass is 9.85. The molecule has 2 heterocycles. The molecule has 0 saturated carbocycles. The molecule has 1 aliphatic heterocycles. The van der Waals surface area contributed by atoms with E-state index in [1.54, 1.807) is 19.2 Å². The van der Waals surface area contributed by atoms with Gasteiger partial charge in [-0.1, -0.05) is 69.3 Å². The van der Waals surface area contributed by atoms with Gasteiger partial charge < -0.3 is 14.7 Å². The Morgan fingerprint density at radius 2 is 1.69 bits per heavy atom. The number of aromatic nitrogens is 2. The first-order valence-electron chi connectivity index (χ1n) is 12.2. The Bertz CT molecular complexity index is 1380. The van der Waals surface area contributed by atoms with Gasteiger partial charge in [0.2, 0.25) is 0 Å². The zero-order valence-electron chi connectivity index (χ0n) is 21.1. The largest absolute Gasteiger partial charge is 0.507 e. The predicted molar refractivity (Wildman–Crippen MR) is 140 cm³/mol. The summed E-state index contributed by atoms with van der Waals surface area (Å²) in [6.07, 6.45) is 0.704. The van der Waals surface area contributed by atoms with Gasteiger partial charge in [0.15, 0.2) is 0 Å². The molecule has 6 heteroatoms. The van der Waals surface area contributed by atoms with Crippen LogP contribution in [0, 0.1) is 0 Å². The van der Waals surface area contributed by atoms with Crippen molar-refractivity contribution in [3.05, 3.63) is 101 Å².